The predicted molar refractivity (Wildman–Crippen MR) is 81.6 cm³/mol. The van der Waals surface area contributed by atoms with Gasteiger partial charge in [-0.25, -0.2) is 4.98 Å². The van der Waals surface area contributed by atoms with Gasteiger partial charge in [0.15, 0.2) is 12.1 Å². The highest BCUT2D eigenvalue weighted by molar-refractivity contribution is 6.06. The topological polar surface area (TPSA) is 46.3 Å². The lowest BCUT2D eigenvalue weighted by Crippen LogP contribution is -2.32. The third kappa shape index (κ3) is 2.58. The minimum atomic E-state index is -0.0539. The van der Waals surface area contributed by atoms with Crippen LogP contribution in [0, 0.1) is 0 Å². The molecule has 21 heavy (non-hydrogen) atoms. The summed E-state index contributed by atoms with van der Waals surface area (Å²) in [6, 6.07) is 8.14. The molecule has 0 bridgehead atoms. The van der Waals surface area contributed by atoms with Gasteiger partial charge >= 0.3 is 0 Å². The number of hydrogen-bond acceptors (Lipinski definition) is 3. The Balaban J connectivity index is 1.99. The Morgan fingerprint density at radius 1 is 1.29 bits per heavy atom. The number of carbonyl (C=O) groups excluding carboxylic acids is 1. The van der Waals surface area contributed by atoms with Crippen molar-refractivity contribution in [3.8, 4) is 0 Å². The van der Waals surface area contributed by atoms with Crippen LogP contribution in [-0.4, -0.2) is 17.4 Å². The molecule has 0 radical (unpaired) electrons. The molecule has 110 valence electrons. The Labute approximate surface area is 124 Å². The summed E-state index contributed by atoms with van der Waals surface area (Å²) in [6.45, 7) is 4.75. The van der Waals surface area contributed by atoms with E-state index in [0.717, 1.165) is 31.5 Å². The summed E-state index contributed by atoms with van der Waals surface area (Å²) in [4.78, 5) is 18.9. The molecule has 1 aliphatic rings. The van der Waals surface area contributed by atoms with Gasteiger partial charge in [-0.3, -0.25) is 4.79 Å². The summed E-state index contributed by atoms with van der Waals surface area (Å²) in [5.41, 5.74) is 2.69. The first kappa shape index (κ1) is 13.9. The second-order valence-corrected chi connectivity index (χ2v) is 5.76. The Morgan fingerprint density at radius 2 is 2.10 bits per heavy atom. The highest BCUT2D eigenvalue weighted by Crippen LogP contribution is 2.29. The molecule has 0 unspecified atom stereocenters. The van der Waals surface area contributed by atoms with Crippen molar-refractivity contribution in [1.82, 2.24) is 4.98 Å². The lowest BCUT2D eigenvalue weighted by Gasteiger charge is -2.22. The molecule has 4 heteroatoms. The third-order valence-corrected chi connectivity index (χ3v) is 3.93. The highest BCUT2D eigenvalue weighted by atomic mass is 16.3. The predicted octanol–water partition coefficient (Wildman–Crippen LogP) is 3.78. The summed E-state index contributed by atoms with van der Waals surface area (Å²) in [6.07, 6.45) is 4.51. The first-order valence-electron chi connectivity index (χ1n) is 7.51. The molecule has 0 fully saturated rings. The van der Waals surface area contributed by atoms with Gasteiger partial charge in [-0.15, -0.1) is 0 Å². The van der Waals surface area contributed by atoms with E-state index in [9.17, 15) is 4.79 Å². The molecule has 2 heterocycles. The quantitative estimate of drug-likeness (QED) is 0.843. The van der Waals surface area contributed by atoms with Crippen molar-refractivity contribution in [2.45, 2.75) is 39.0 Å². The second-order valence-electron chi connectivity index (χ2n) is 5.76. The van der Waals surface area contributed by atoms with Crippen molar-refractivity contribution in [3.63, 3.8) is 0 Å². The number of oxazole rings is 1. The van der Waals surface area contributed by atoms with Crippen LogP contribution >= 0.6 is 0 Å². The number of rotatable bonds is 2. The lowest BCUT2D eigenvalue weighted by atomic mass is 10.1. The Morgan fingerprint density at radius 3 is 2.90 bits per heavy atom. The molecule has 4 nitrogen and oxygen atoms in total. The minimum absolute atomic E-state index is 0.0539. The number of nitrogens with zero attached hydrogens (tertiary/aromatic N) is 2. The fourth-order valence-electron chi connectivity index (χ4n) is 2.86. The third-order valence-electron chi connectivity index (χ3n) is 3.93. The molecular weight excluding hydrogens is 264 g/mol. The van der Waals surface area contributed by atoms with Crippen molar-refractivity contribution in [2.75, 3.05) is 11.4 Å². The van der Waals surface area contributed by atoms with E-state index < -0.39 is 0 Å². The summed E-state index contributed by atoms with van der Waals surface area (Å²) in [7, 11) is 0. The number of fused-ring (bicyclic) bond motifs is 1. The normalized spacial score (nSPS) is 14.9. The number of aryl methyl sites for hydroxylation is 1. The van der Waals surface area contributed by atoms with Gasteiger partial charge in [-0.05, 0) is 30.9 Å². The van der Waals surface area contributed by atoms with E-state index in [4.69, 9.17) is 4.42 Å². The van der Waals surface area contributed by atoms with Crippen molar-refractivity contribution in [1.29, 1.82) is 0 Å². The van der Waals surface area contributed by atoms with Crippen molar-refractivity contribution < 1.29 is 9.21 Å². The number of para-hydroxylation sites is 1. The molecule has 1 aromatic carbocycles. The number of anilines is 1. The van der Waals surface area contributed by atoms with Gasteiger partial charge in [0.25, 0.3) is 5.91 Å². The summed E-state index contributed by atoms with van der Waals surface area (Å²) in [5, 5.41) is 0. The van der Waals surface area contributed by atoms with Crippen molar-refractivity contribution in [3.05, 3.63) is 47.7 Å². The van der Waals surface area contributed by atoms with Crippen LogP contribution in [0.5, 0.6) is 0 Å². The molecule has 2 aromatic rings. The van der Waals surface area contributed by atoms with E-state index in [2.05, 4.69) is 11.1 Å². The maximum atomic E-state index is 12.9. The molecule has 0 saturated carbocycles. The molecule has 1 aromatic heterocycles. The fourth-order valence-corrected chi connectivity index (χ4v) is 2.86. The summed E-state index contributed by atoms with van der Waals surface area (Å²) >= 11 is 0. The molecule has 0 saturated heterocycles. The first-order valence-corrected chi connectivity index (χ1v) is 7.51. The van der Waals surface area contributed by atoms with E-state index in [1.807, 2.05) is 36.9 Å². The Kier molecular flexibility index (Phi) is 3.78. The molecule has 3 rings (SSSR count). The van der Waals surface area contributed by atoms with Crippen LogP contribution in [0.3, 0.4) is 0 Å². The molecular formula is C17H20N2O2. The number of benzene rings is 1. The Bertz CT molecular complexity index is 646. The van der Waals surface area contributed by atoms with Crippen LogP contribution in [-0.2, 0) is 6.42 Å². The van der Waals surface area contributed by atoms with Gasteiger partial charge in [-0.2, -0.15) is 0 Å². The fraction of sp³-hybridized carbons (Fsp3) is 0.412. The summed E-state index contributed by atoms with van der Waals surface area (Å²) < 4.78 is 5.40. The van der Waals surface area contributed by atoms with Crippen LogP contribution in [0.4, 0.5) is 5.69 Å². The van der Waals surface area contributed by atoms with E-state index in [0.29, 0.717) is 11.5 Å². The molecule has 0 spiro atoms. The number of amides is 1. The van der Waals surface area contributed by atoms with Gasteiger partial charge < -0.3 is 9.32 Å². The molecule has 0 N–H and O–H groups in total. The zero-order valence-corrected chi connectivity index (χ0v) is 12.5. The minimum Gasteiger partial charge on any atom is -0.447 e. The lowest BCUT2D eigenvalue weighted by molar-refractivity contribution is 0.0980. The highest BCUT2D eigenvalue weighted by Gasteiger charge is 2.27. The van der Waals surface area contributed by atoms with Crippen LogP contribution in [0.1, 0.15) is 54.4 Å². The largest absolute Gasteiger partial charge is 0.447 e. The van der Waals surface area contributed by atoms with Gasteiger partial charge in [0.1, 0.15) is 5.76 Å². The van der Waals surface area contributed by atoms with Crippen LogP contribution in [0.2, 0.25) is 0 Å². The molecule has 1 aliphatic heterocycles. The monoisotopic (exact) mass is 284 g/mol. The van der Waals surface area contributed by atoms with Gasteiger partial charge in [0.05, 0.1) is 0 Å². The van der Waals surface area contributed by atoms with Crippen molar-refractivity contribution in [2.24, 2.45) is 0 Å². The average molecular weight is 284 g/mol. The smallest absolute Gasteiger partial charge is 0.280 e. The standard InChI is InChI=1S/C17H20N2O2/c1-12(2)16-15(18-11-21-16)17(20)19-10-6-5-8-13-7-3-4-9-14(13)19/h3-4,7,9,11-12H,5-6,8,10H2,1-2H3. The Hall–Kier alpha value is -2.10. The van der Waals surface area contributed by atoms with Crippen LogP contribution < -0.4 is 4.90 Å². The van der Waals surface area contributed by atoms with Crippen LogP contribution in [0.15, 0.2) is 35.1 Å². The van der Waals surface area contributed by atoms with E-state index >= 15 is 0 Å². The van der Waals surface area contributed by atoms with Crippen molar-refractivity contribution >= 4 is 11.6 Å². The maximum Gasteiger partial charge on any atom is 0.280 e. The van der Waals surface area contributed by atoms with Gasteiger partial charge in [0, 0.05) is 18.2 Å². The molecule has 0 aliphatic carbocycles. The maximum absolute atomic E-state index is 12.9. The molecule has 0 atom stereocenters. The zero-order chi connectivity index (χ0) is 14.8. The van der Waals surface area contributed by atoms with E-state index in [-0.39, 0.29) is 11.8 Å². The molecule has 1 amide bonds. The van der Waals surface area contributed by atoms with E-state index in [1.165, 1.54) is 12.0 Å². The number of aromatic nitrogens is 1. The van der Waals surface area contributed by atoms with Gasteiger partial charge in [0.2, 0.25) is 0 Å². The zero-order valence-electron chi connectivity index (χ0n) is 12.5. The number of carbonyl (C=O) groups is 1. The summed E-state index contributed by atoms with van der Waals surface area (Å²) in [5.74, 6) is 0.761. The van der Waals surface area contributed by atoms with Gasteiger partial charge in [-0.1, -0.05) is 32.0 Å². The average Bonchev–Trinajstić information content (AvgIpc) is 2.88. The van der Waals surface area contributed by atoms with E-state index in [1.54, 1.807) is 0 Å². The second kappa shape index (κ2) is 5.72. The van der Waals surface area contributed by atoms with Crippen LogP contribution in [0.25, 0.3) is 0 Å². The SMILES string of the molecule is CC(C)c1ocnc1C(=O)N1CCCCc2ccccc21. The first-order chi connectivity index (χ1) is 10.2. The number of hydrogen-bond donors (Lipinski definition) is 0.